The Morgan fingerprint density at radius 1 is 1.44 bits per heavy atom. The standard InChI is InChI=1S/C13H16ClN3O/c1-2-3-6-17-12(8-15)16-11-5-4-9(14)7-10(11)13(17)18/h4-5,7H,2-3,6,8,15H2,1H3. The molecule has 0 atom stereocenters. The van der Waals surface area contributed by atoms with Crippen LogP contribution in [0.25, 0.3) is 10.9 Å². The maximum absolute atomic E-state index is 12.4. The van der Waals surface area contributed by atoms with Gasteiger partial charge < -0.3 is 5.73 Å². The Bertz CT molecular complexity index is 621. The lowest BCUT2D eigenvalue weighted by Crippen LogP contribution is -2.27. The van der Waals surface area contributed by atoms with Crippen LogP contribution in [0.15, 0.2) is 23.0 Å². The first-order chi connectivity index (χ1) is 8.67. The molecule has 0 aliphatic heterocycles. The van der Waals surface area contributed by atoms with Crippen molar-refractivity contribution in [2.24, 2.45) is 5.73 Å². The average Bonchev–Trinajstić information content (AvgIpc) is 2.38. The van der Waals surface area contributed by atoms with Crippen LogP contribution in [0.2, 0.25) is 5.02 Å². The third-order valence-corrected chi connectivity index (χ3v) is 3.15. The summed E-state index contributed by atoms with van der Waals surface area (Å²) < 4.78 is 1.65. The predicted molar refractivity (Wildman–Crippen MR) is 73.8 cm³/mol. The highest BCUT2D eigenvalue weighted by atomic mass is 35.5. The number of hydrogen-bond donors (Lipinski definition) is 1. The van der Waals surface area contributed by atoms with Crippen molar-refractivity contribution in [2.75, 3.05) is 0 Å². The molecule has 4 nitrogen and oxygen atoms in total. The molecule has 0 bridgehead atoms. The molecule has 5 heteroatoms. The van der Waals surface area contributed by atoms with E-state index in [0.29, 0.717) is 28.3 Å². The predicted octanol–water partition coefficient (Wildman–Crippen LogP) is 2.31. The zero-order valence-corrected chi connectivity index (χ0v) is 11.1. The number of fused-ring (bicyclic) bond motifs is 1. The van der Waals surface area contributed by atoms with Crippen LogP contribution in [0.3, 0.4) is 0 Å². The first-order valence-corrected chi connectivity index (χ1v) is 6.44. The van der Waals surface area contributed by atoms with Gasteiger partial charge in [-0.25, -0.2) is 4.98 Å². The highest BCUT2D eigenvalue weighted by Gasteiger charge is 2.09. The van der Waals surface area contributed by atoms with Gasteiger partial charge in [0, 0.05) is 11.6 Å². The summed E-state index contributed by atoms with van der Waals surface area (Å²) in [5, 5.41) is 1.10. The number of unbranched alkanes of at least 4 members (excludes halogenated alkanes) is 1. The SMILES string of the molecule is CCCCn1c(CN)nc2ccc(Cl)cc2c1=O. The van der Waals surface area contributed by atoms with E-state index in [0.717, 1.165) is 12.8 Å². The van der Waals surface area contributed by atoms with Gasteiger partial charge in [0.05, 0.1) is 17.4 Å². The molecular weight excluding hydrogens is 250 g/mol. The lowest BCUT2D eigenvalue weighted by atomic mass is 10.2. The van der Waals surface area contributed by atoms with E-state index in [1.165, 1.54) is 0 Å². The molecule has 2 aromatic rings. The number of nitrogens with zero attached hydrogens (tertiary/aromatic N) is 2. The normalized spacial score (nSPS) is 11.1. The summed E-state index contributed by atoms with van der Waals surface area (Å²) in [5.74, 6) is 0.628. The fraction of sp³-hybridized carbons (Fsp3) is 0.385. The van der Waals surface area contributed by atoms with Crippen molar-refractivity contribution >= 4 is 22.5 Å². The van der Waals surface area contributed by atoms with Gasteiger partial charge in [0.1, 0.15) is 5.82 Å². The Morgan fingerprint density at radius 3 is 2.89 bits per heavy atom. The molecule has 0 unspecified atom stereocenters. The molecule has 96 valence electrons. The molecule has 0 spiro atoms. The monoisotopic (exact) mass is 265 g/mol. The van der Waals surface area contributed by atoms with Gasteiger partial charge in [-0.05, 0) is 24.6 Å². The number of nitrogens with two attached hydrogens (primary N) is 1. The second-order valence-corrected chi connectivity index (χ2v) is 4.64. The van der Waals surface area contributed by atoms with E-state index in [-0.39, 0.29) is 12.1 Å². The summed E-state index contributed by atoms with van der Waals surface area (Å²) in [7, 11) is 0. The molecule has 0 radical (unpaired) electrons. The van der Waals surface area contributed by atoms with Gasteiger partial charge in [-0.1, -0.05) is 24.9 Å². The summed E-state index contributed by atoms with van der Waals surface area (Å²) >= 11 is 5.92. The number of halogens is 1. The smallest absolute Gasteiger partial charge is 0.261 e. The summed E-state index contributed by atoms with van der Waals surface area (Å²) in [6.45, 7) is 2.99. The minimum Gasteiger partial charge on any atom is -0.324 e. The molecule has 18 heavy (non-hydrogen) atoms. The second-order valence-electron chi connectivity index (χ2n) is 4.20. The van der Waals surface area contributed by atoms with Crippen molar-refractivity contribution in [3.63, 3.8) is 0 Å². The number of hydrogen-bond acceptors (Lipinski definition) is 3. The molecule has 1 aromatic carbocycles. The van der Waals surface area contributed by atoms with Crippen LogP contribution in [0.1, 0.15) is 25.6 Å². The first-order valence-electron chi connectivity index (χ1n) is 6.06. The van der Waals surface area contributed by atoms with E-state index in [1.54, 1.807) is 22.8 Å². The van der Waals surface area contributed by atoms with Crippen LogP contribution in [0, 0.1) is 0 Å². The Labute approximate surface area is 110 Å². The van der Waals surface area contributed by atoms with Gasteiger partial charge in [0.15, 0.2) is 0 Å². The van der Waals surface area contributed by atoms with E-state index in [2.05, 4.69) is 11.9 Å². The van der Waals surface area contributed by atoms with Gasteiger partial charge in [0.25, 0.3) is 5.56 Å². The average molecular weight is 266 g/mol. The van der Waals surface area contributed by atoms with Crippen LogP contribution < -0.4 is 11.3 Å². The third-order valence-electron chi connectivity index (χ3n) is 2.91. The van der Waals surface area contributed by atoms with Gasteiger partial charge in [-0.2, -0.15) is 0 Å². The Hall–Kier alpha value is -1.39. The van der Waals surface area contributed by atoms with Gasteiger partial charge in [0.2, 0.25) is 0 Å². The lowest BCUT2D eigenvalue weighted by molar-refractivity contribution is 0.577. The number of benzene rings is 1. The number of rotatable bonds is 4. The molecule has 1 aromatic heterocycles. The summed E-state index contributed by atoms with van der Waals surface area (Å²) in [4.78, 5) is 16.8. The van der Waals surface area contributed by atoms with Gasteiger partial charge in [-0.15, -0.1) is 0 Å². The third kappa shape index (κ3) is 2.40. The Morgan fingerprint density at radius 2 is 2.22 bits per heavy atom. The zero-order chi connectivity index (χ0) is 13.1. The largest absolute Gasteiger partial charge is 0.324 e. The molecule has 0 saturated carbocycles. The van der Waals surface area contributed by atoms with Crippen molar-refractivity contribution in [1.29, 1.82) is 0 Å². The second kappa shape index (κ2) is 5.50. The highest BCUT2D eigenvalue weighted by Crippen LogP contribution is 2.15. The van der Waals surface area contributed by atoms with Crippen molar-refractivity contribution in [1.82, 2.24) is 9.55 Å². The van der Waals surface area contributed by atoms with E-state index >= 15 is 0 Å². The van der Waals surface area contributed by atoms with Crippen molar-refractivity contribution in [3.05, 3.63) is 39.4 Å². The summed E-state index contributed by atoms with van der Waals surface area (Å²) in [5.41, 5.74) is 6.26. The van der Waals surface area contributed by atoms with E-state index in [9.17, 15) is 4.79 Å². The fourth-order valence-electron chi connectivity index (χ4n) is 1.94. The van der Waals surface area contributed by atoms with Crippen LogP contribution >= 0.6 is 11.6 Å². The molecule has 2 rings (SSSR count). The van der Waals surface area contributed by atoms with Gasteiger partial charge in [-0.3, -0.25) is 9.36 Å². The van der Waals surface area contributed by atoms with Crippen molar-refractivity contribution in [2.45, 2.75) is 32.9 Å². The molecular formula is C13H16ClN3O. The van der Waals surface area contributed by atoms with Crippen LogP contribution in [0.4, 0.5) is 0 Å². The van der Waals surface area contributed by atoms with E-state index in [1.807, 2.05) is 0 Å². The van der Waals surface area contributed by atoms with Crippen LogP contribution in [0.5, 0.6) is 0 Å². The maximum Gasteiger partial charge on any atom is 0.261 e. The molecule has 0 fully saturated rings. The quantitative estimate of drug-likeness (QED) is 0.923. The Kier molecular flexibility index (Phi) is 3.99. The van der Waals surface area contributed by atoms with E-state index < -0.39 is 0 Å². The minimum absolute atomic E-state index is 0.0589. The molecule has 0 aliphatic rings. The van der Waals surface area contributed by atoms with Crippen molar-refractivity contribution < 1.29 is 0 Å². The van der Waals surface area contributed by atoms with Crippen LogP contribution in [-0.2, 0) is 13.1 Å². The molecule has 1 heterocycles. The zero-order valence-electron chi connectivity index (χ0n) is 10.3. The van der Waals surface area contributed by atoms with Gasteiger partial charge >= 0.3 is 0 Å². The van der Waals surface area contributed by atoms with E-state index in [4.69, 9.17) is 17.3 Å². The molecule has 0 amide bonds. The molecule has 0 saturated heterocycles. The lowest BCUT2D eigenvalue weighted by Gasteiger charge is -2.11. The minimum atomic E-state index is -0.0589. The van der Waals surface area contributed by atoms with Crippen molar-refractivity contribution in [3.8, 4) is 0 Å². The van der Waals surface area contributed by atoms with Crippen LogP contribution in [-0.4, -0.2) is 9.55 Å². The molecule has 0 aliphatic carbocycles. The first kappa shape index (κ1) is 13.1. The maximum atomic E-state index is 12.4. The molecule has 2 N–H and O–H groups in total. The fourth-order valence-corrected chi connectivity index (χ4v) is 2.11. The Balaban J connectivity index is 2.67. The highest BCUT2D eigenvalue weighted by molar-refractivity contribution is 6.31. The summed E-state index contributed by atoms with van der Waals surface area (Å²) in [6, 6.07) is 5.14. The summed E-state index contributed by atoms with van der Waals surface area (Å²) in [6.07, 6.45) is 1.95. The number of aromatic nitrogens is 2. The topological polar surface area (TPSA) is 60.9 Å².